The first-order valence-corrected chi connectivity index (χ1v) is 8.88. The Hall–Kier alpha value is -2.83. The van der Waals surface area contributed by atoms with Crippen molar-refractivity contribution in [3.05, 3.63) is 64.5 Å². The van der Waals surface area contributed by atoms with E-state index in [-0.39, 0.29) is 0 Å². The molecule has 0 unspecified atom stereocenters. The van der Waals surface area contributed by atoms with Crippen LogP contribution >= 0.6 is 23.2 Å². The summed E-state index contributed by atoms with van der Waals surface area (Å²) >= 11 is 12.3. The number of halogens is 2. The fourth-order valence-electron chi connectivity index (χ4n) is 2.86. The third-order valence-corrected chi connectivity index (χ3v) is 4.70. The molecule has 4 aromatic rings. The fraction of sp³-hybridized carbons (Fsp3) is 0.105. The maximum atomic E-state index is 6.20. The third-order valence-electron chi connectivity index (χ3n) is 4.17. The van der Waals surface area contributed by atoms with Crippen LogP contribution in [0.3, 0.4) is 0 Å². The number of nitrogens with one attached hydrogen (secondary N) is 1. The van der Waals surface area contributed by atoms with Crippen molar-refractivity contribution < 1.29 is 4.74 Å². The van der Waals surface area contributed by atoms with Crippen molar-refractivity contribution in [2.75, 3.05) is 12.4 Å². The van der Waals surface area contributed by atoms with Gasteiger partial charge in [0.1, 0.15) is 17.9 Å². The van der Waals surface area contributed by atoms with E-state index >= 15 is 0 Å². The summed E-state index contributed by atoms with van der Waals surface area (Å²) in [5, 5.41) is 9.74. The normalized spacial score (nSPS) is 11.0. The van der Waals surface area contributed by atoms with E-state index in [9.17, 15) is 0 Å². The van der Waals surface area contributed by atoms with E-state index in [1.165, 1.54) is 6.33 Å². The molecular formula is C19H15Cl2N5O. The second-order valence-electron chi connectivity index (χ2n) is 5.92. The van der Waals surface area contributed by atoms with E-state index in [2.05, 4.69) is 20.4 Å². The van der Waals surface area contributed by atoms with Gasteiger partial charge in [0.2, 0.25) is 0 Å². The molecule has 0 fully saturated rings. The maximum Gasteiger partial charge on any atom is 0.168 e. The van der Waals surface area contributed by atoms with E-state index in [0.717, 1.165) is 22.3 Å². The Morgan fingerprint density at radius 1 is 1.07 bits per heavy atom. The maximum absolute atomic E-state index is 6.20. The van der Waals surface area contributed by atoms with Gasteiger partial charge in [0.05, 0.1) is 29.4 Å². The van der Waals surface area contributed by atoms with Gasteiger partial charge < -0.3 is 10.1 Å². The molecule has 0 saturated heterocycles. The van der Waals surface area contributed by atoms with E-state index in [1.807, 2.05) is 31.2 Å². The number of hydrogen-bond donors (Lipinski definition) is 1. The average molecular weight is 400 g/mol. The number of aromatic nitrogens is 4. The molecule has 8 heteroatoms. The predicted molar refractivity (Wildman–Crippen MR) is 108 cm³/mol. The summed E-state index contributed by atoms with van der Waals surface area (Å²) < 4.78 is 6.96. The van der Waals surface area contributed by atoms with Crippen LogP contribution in [-0.2, 0) is 0 Å². The van der Waals surface area contributed by atoms with Crippen LogP contribution in [0.1, 0.15) is 5.56 Å². The Morgan fingerprint density at radius 2 is 1.93 bits per heavy atom. The number of anilines is 2. The van der Waals surface area contributed by atoms with E-state index in [1.54, 1.807) is 30.1 Å². The third kappa shape index (κ3) is 3.29. The van der Waals surface area contributed by atoms with Crippen LogP contribution in [0.25, 0.3) is 16.7 Å². The van der Waals surface area contributed by atoms with Gasteiger partial charge in [-0.3, -0.25) is 0 Å². The lowest BCUT2D eigenvalue weighted by atomic mass is 10.2. The fourth-order valence-corrected chi connectivity index (χ4v) is 3.34. The summed E-state index contributed by atoms with van der Waals surface area (Å²) in [5.41, 5.74) is 3.39. The van der Waals surface area contributed by atoms with Gasteiger partial charge in [-0.15, -0.1) is 0 Å². The molecule has 27 heavy (non-hydrogen) atoms. The molecule has 136 valence electrons. The van der Waals surface area contributed by atoms with E-state index in [4.69, 9.17) is 27.9 Å². The molecule has 2 heterocycles. The highest BCUT2D eigenvalue weighted by molar-refractivity contribution is 6.32. The van der Waals surface area contributed by atoms with Crippen LogP contribution in [0.4, 0.5) is 11.5 Å². The van der Waals surface area contributed by atoms with Gasteiger partial charge >= 0.3 is 0 Å². The molecule has 1 N–H and O–H groups in total. The number of hydrogen-bond acceptors (Lipinski definition) is 5. The van der Waals surface area contributed by atoms with E-state index in [0.29, 0.717) is 27.3 Å². The van der Waals surface area contributed by atoms with Gasteiger partial charge in [0, 0.05) is 10.7 Å². The van der Waals surface area contributed by atoms with E-state index < -0.39 is 0 Å². The molecule has 0 spiro atoms. The lowest BCUT2D eigenvalue weighted by Crippen LogP contribution is -2.01. The van der Waals surface area contributed by atoms with Crippen molar-refractivity contribution in [2.45, 2.75) is 6.92 Å². The van der Waals surface area contributed by atoms with Gasteiger partial charge in [0.15, 0.2) is 5.65 Å². The molecule has 0 aliphatic carbocycles. The summed E-state index contributed by atoms with van der Waals surface area (Å²) in [5.74, 6) is 1.25. The standard InChI is InChI=1S/C19H15Cl2N5O/c1-11-7-12(20)3-5-16(11)26-19-14(9-24-26)18(22-10-23-19)25-13-4-6-17(27-2)15(21)8-13/h3-10H,1-2H3,(H,22,23,25). The van der Waals surface area contributed by atoms with Crippen molar-refractivity contribution >= 4 is 45.7 Å². The van der Waals surface area contributed by atoms with Gasteiger partial charge in [-0.25, -0.2) is 14.6 Å². The second kappa shape index (κ2) is 7.06. The Bertz CT molecular complexity index is 1140. The molecule has 0 amide bonds. The molecule has 0 saturated carbocycles. The molecule has 0 aliphatic rings. The second-order valence-corrected chi connectivity index (χ2v) is 6.76. The Morgan fingerprint density at radius 3 is 2.67 bits per heavy atom. The molecule has 0 radical (unpaired) electrons. The molecule has 2 aromatic heterocycles. The average Bonchev–Trinajstić information content (AvgIpc) is 3.07. The minimum Gasteiger partial charge on any atom is -0.495 e. The van der Waals surface area contributed by atoms with Crippen LogP contribution in [0.15, 0.2) is 48.9 Å². The highest BCUT2D eigenvalue weighted by Gasteiger charge is 2.13. The molecule has 0 atom stereocenters. The minimum absolute atomic E-state index is 0.514. The number of methoxy groups -OCH3 is 1. The molecule has 2 aromatic carbocycles. The zero-order chi connectivity index (χ0) is 19.0. The zero-order valence-corrected chi connectivity index (χ0v) is 16.1. The summed E-state index contributed by atoms with van der Waals surface area (Å²) in [6.45, 7) is 1.98. The van der Waals surface area contributed by atoms with Crippen molar-refractivity contribution in [3.63, 3.8) is 0 Å². The first-order chi connectivity index (χ1) is 13.1. The predicted octanol–water partition coefficient (Wildman–Crippen LogP) is 5.18. The van der Waals surface area contributed by atoms with Gasteiger partial charge in [-0.05, 0) is 48.9 Å². The highest BCUT2D eigenvalue weighted by atomic mass is 35.5. The summed E-state index contributed by atoms with van der Waals surface area (Å²) in [6, 6.07) is 11.1. The summed E-state index contributed by atoms with van der Waals surface area (Å²) in [6.07, 6.45) is 3.23. The Kier molecular flexibility index (Phi) is 4.59. The van der Waals surface area contributed by atoms with Crippen LogP contribution in [0.5, 0.6) is 5.75 Å². The number of aryl methyl sites for hydroxylation is 1. The first kappa shape index (κ1) is 17.6. The topological polar surface area (TPSA) is 64.9 Å². The monoisotopic (exact) mass is 399 g/mol. The SMILES string of the molecule is COc1ccc(Nc2ncnc3c2cnn3-c2ccc(Cl)cc2C)cc1Cl. The molecular weight excluding hydrogens is 385 g/mol. The first-order valence-electron chi connectivity index (χ1n) is 8.12. The smallest absolute Gasteiger partial charge is 0.168 e. The van der Waals surface area contributed by atoms with Crippen molar-refractivity contribution in [3.8, 4) is 11.4 Å². The zero-order valence-electron chi connectivity index (χ0n) is 14.6. The molecule has 6 nitrogen and oxygen atoms in total. The van der Waals surface area contributed by atoms with Crippen LogP contribution in [0, 0.1) is 6.92 Å². The summed E-state index contributed by atoms with van der Waals surface area (Å²) in [4.78, 5) is 8.75. The van der Waals surface area contributed by atoms with Crippen LogP contribution < -0.4 is 10.1 Å². The van der Waals surface area contributed by atoms with Gasteiger partial charge in [0.25, 0.3) is 0 Å². The van der Waals surface area contributed by atoms with Crippen LogP contribution in [0.2, 0.25) is 10.0 Å². The highest BCUT2D eigenvalue weighted by Crippen LogP contribution is 2.30. The molecule has 4 rings (SSSR count). The van der Waals surface area contributed by atoms with Crippen molar-refractivity contribution in [1.82, 2.24) is 19.7 Å². The lowest BCUT2D eigenvalue weighted by molar-refractivity contribution is 0.415. The van der Waals surface area contributed by atoms with Gasteiger partial charge in [-0.1, -0.05) is 23.2 Å². The lowest BCUT2D eigenvalue weighted by Gasteiger charge is -2.10. The quantitative estimate of drug-likeness (QED) is 0.511. The van der Waals surface area contributed by atoms with Crippen molar-refractivity contribution in [2.24, 2.45) is 0 Å². The van der Waals surface area contributed by atoms with Gasteiger partial charge in [-0.2, -0.15) is 5.10 Å². The Balaban J connectivity index is 1.75. The molecule has 0 bridgehead atoms. The Labute approximate surface area is 165 Å². The number of ether oxygens (including phenoxy) is 1. The van der Waals surface area contributed by atoms with Crippen molar-refractivity contribution in [1.29, 1.82) is 0 Å². The number of fused-ring (bicyclic) bond motifs is 1. The summed E-state index contributed by atoms with van der Waals surface area (Å²) in [7, 11) is 1.58. The number of nitrogens with zero attached hydrogens (tertiary/aromatic N) is 4. The minimum atomic E-state index is 0.514. The largest absolute Gasteiger partial charge is 0.495 e. The number of benzene rings is 2. The van der Waals surface area contributed by atoms with Crippen LogP contribution in [-0.4, -0.2) is 26.9 Å². The molecule has 0 aliphatic heterocycles. The number of rotatable bonds is 4.